The van der Waals surface area contributed by atoms with Gasteiger partial charge in [-0.1, -0.05) is 57.0 Å². The van der Waals surface area contributed by atoms with Crippen LogP contribution in [0.2, 0.25) is 0 Å². The summed E-state index contributed by atoms with van der Waals surface area (Å²) >= 11 is 2.08. The van der Waals surface area contributed by atoms with Crippen molar-refractivity contribution < 1.29 is 0 Å². The molecule has 0 spiro atoms. The quantitative estimate of drug-likeness (QED) is 0.693. The average molecular weight is 251 g/mol. The molecule has 0 bridgehead atoms. The summed E-state index contributed by atoms with van der Waals surface area (Å²) in [6, 6.07) is 11.2. The van der Waals surface area contributed by atoms with Gasteiger partial charge in [0.05, 0.1) is 0 Å². The van der Waals surface area contributed by atoms with Crippen LogP contribution < -0.4 is 5.32 Å². The summed E-state index contributed by atoms with van der Waals surface area (Å²) in [4.78, 5) is 0. The van der Waals surface area contributed by atoms with E-state index in [9.17, 15) is 0 Å². The highest BCUT2D eigenvalue weighted by Gasteiger charge is 2.16. The number of hydrogen-bond acceptors (Lipinski definition) is 2. The zero-order valence-electron chi connectivity index (χ0n) is 11.3. The first-order valence-electron chi connectivity index (χ1n) is 6.63. The van der Waals surface area contributed by atoms with Crippen LogP contribution in [0.5, 0.6) is 0 Å². The van der Waals surface area contributed by atoms with Crippen molar-refractivity contribution in [3.63, 3.8) is 0 Å². The second-order valence-corrected chi connectivity index (χ2v) is 5.95. The number of benzene rings is 1. The fourth-order valence-corrected chi connectivity index (χ4v) is 3.28. The van der Waals surface area contributed by atoms with Crippen molar-refractivity contribution in [2.24, 2.45) is 0 Å². The Bertz CT molecular complexity index is 286. The van der Waals surface area contributed by atoms with Gasteiger partial charge in [-0.25, -0.2) is 0 Å². The summed E-state index contributed by atoms with van der Waals surface area (Å²) in [5.41, 5.74) is 1.39. The third-order valence-electron chi connectivity index (χ3n) is 3.07. The van der Waals surface area contributed by atoms with Gasteiger partial charge in [-0.3, -0.25) is 0 Å². The fourth-order valence-electron chi connectivity index (χ4n) is 2.05. The van der Waals surface area contributed by atoms with Crippen LogP contribution in [0.1, 0.15) is 44.7 Å². The number of hydrogen-bond donors (Lipinski definition) is 1. The second kappa shape index (κ2) is 8.60. The molecule has 17 heavy (non-hydrogen) atoms. The predicted molar refractivity (Wildman–Crippen MR) is 79.7 cm³/mol. The van der Waals surface area contributed by atoms with E-state index in [1.54, 1.807) is 0 Å². The molecule has 1 N–H and O–H groups in total. The summed E-state index contributed by atoms with van der Waals surface area (Å²) < 4.78 is 0. The van der Waals surface area contributed by atoms with Crippen LogP contribution in [0.25, 0.3) is 0 Å². The Morgan fingerprint density at radius 3 is 2.47 bits per heavy atom. The lowest BCUT2D eigenvalue weighted by Crippen LogP contribution is -2.25. The topological polar surface area (TPSA) is 12.0 Å². The van der Waals surface area contributed by atoms with Crippen molar-refractivity contribution >= 4 is 11.8 Å². The smallest absolute Gasteiger partial charge is 0.0435 e. The summed E-state index contributed by atoms with van der Waals surface area (Å²) in [7, 11) is 2.06. The summed E-state index contributed by atoms with van der Waals surface area (Å²) in [6.07, 6.45) is 4.01. The van der Waals surface area contributed by atoms with E-state index in [0.29, 0.717) is 11.3 Å². The van der Waals surface area contributed by atoms with Gasteiger partial charge in [0.1, 0.15) is 0 Å². The molecule has 1 nitrogen and oxygen atoms in total. The van der Waals surface area contributed by atoms with E-state index in [2.05, 4.69) is 68.3 Å². The molecule has 0 radical (unpaired) electrons. The zero-order valence-corrected chi connectivity index (χ0v) is 12.1. The first-order valence-corrected chi connectivity index (χ1v) is 7.68. The van der Waals surface area contributed by atoms with Gasteiger partial charge in [-0.15, -0.1) is 0 Å². The van der Waals surface area contributed by atoms with E-state index in [0.717, 1.165) is 0 Å². The van der Waals surface area contributed by atoms with Crippen molar-refractivity contribution in [3.05, 3.63) is 35.9 Å². The highest BCUT2D eigenvalue weighted by atomic mass is 32.2. The molecule has 2 heteroatoms. The molecular formula is C15H25NS. The maximum Gasteiger partial charge on any atom is 0.0435 e. The molecule has 0 aliphatic carbocycles. The summed E-state index contributed by atoms with van der Waals surface area (Å²) in [6.45, 7) is 4.58. The average Bonchev–Trinajstić information content (AvgIpc) is 2.37. The Kier molecular flexibility index (Phi) is 7.38. The molecule has 0 aliphatic heterocycles. The van der Waals surface area contributed by atoms with Crippen LogP contribution in [0, 0.1) is 0 Å². The van der Waals surface area contributed by atoms with E-state index in [1.165, 1.54) is 30.6 Å². The van der Waals surface area contributed by atoms with Crippen LogP contribution in [-0.4, -0.2) is 18.1 Å². The maximum absolute atomic E-state index is 3.44. The van der Waals surface area contributed by atoms with Gasteiger partial charge in [0.15, 0.2) is 0 Å². The van der Waals surface area contributed by atoms with E-state index >= 15 is 0 Å². The minimum atomic E-state index is 0.461. The standard InChI is InChI=1S/C15H25NS/c1-4-5-9-12-17-13(2)15(16-3)14-10-7-6-8-11-14/h6-8,10-11,13,15-16H,4-5,9,12H2,1-3H3. The predicted octanol–water partition coefficient (Wildman–Crippen LogP) is 4.26. The SMILES string of the molecule is CCCCCSC(C)C(NC)c1ccccc1. The minimum Gasteiger partial charge on any atom is -0.312 e. The third kappa shape index (κ3) is 5.13. The normalized spacial score (nSPS) is 14.5. The lowest BCUT2D eigenvalue weighted by atomic mass is 10.0. The number of nitrogens with one attached hydrogen (secondary N) is 1. The van der Waals surface area contributed by atoms with E-state index < -0.39 is 0 Å². The summed E-state index contributed by atoms with van der Waals surface area (Å²) in [5, 5.41) is 4.06. The second-order valence-electron chi connectivity index (χ2n) is 4.46. The van der Waals surface area contributed by atoms with Crippen LogP contribution in [-0.2, 0) is 0 Å². The molecule has 0 saturated heterocycles. The monoisotopic (exact) mass is 251 g/mol. The Morgan fingerprint density at radius 2 is 1.88 bits per heavy atom. The van der Waals surface area contributed by atoms with Crippen molar-refractivity contribution in [2.75, 3.05) is 12.8 Å². The van der Waals surface area contributed by atoms with Gasteiger partial charge >= 0.3 is 0 Å². The highest BCUT2D eigenvalue weighted by molar-refractivity contribution is 7.99. The van der Waals surface area contributed by atoms with Crippen molar-refractivity contribution in [3.8, 4) is 0 Å². The van der Waals surface area contributed by atoms with Crippen LogP contribution >= 0.6 is 11.8 Å². The van der Waals surface area contributed by atoms with Crippen molar-refractivity contribution in [1.29, 1.82) is 0 Å². The third-order valence-corrected chi connectivity index (χ3v) is 4.39. The van der Waals surface area contributed by atoms with Gasteiger partial charge in [0.2, 0.25) is 0 Å². The van der Waals surface area contributed by atoms with Crippen LogP contribution in [0.3, 0.4) is 0 Å². The minimum absolute atomic E-state index is 0.461. The number of thioether (sulfide) groups is 1. The van der Waals surface area contributed by atoms with E-state index in [4.69, 9.17) is 0 Å². The molecule has 1 aromatic carbocycles. The number of unbranched alkanes of at least 4 members (excludes halogenated alkanes) is 2. The Hall–Kier alpha value is -0.470. The van der Waals surface area contributed by atoms with Gasteiger partial charge in [0, 0.05) is 11.3 Å². The van der Waals surface area contributed by atoms with E-state index in [-0.39, 0.29) is 0 Å². The molecule has 2 atom stereocenters. The highest BCUT2D eigenvalue weighted by Crippen LogP contribution is 2.26. The van der Waals surface area contributed by atoms with E-state index in [1.807, 2.05) is 0 Å². The van der Waals surface area contributed by atoms with Crippen LogP contribution in [0.15, 0.2) is 30.3 Å². The van der Waals surface area contributed by atoms with Gasteiger partial charge < -0.3 is 5.32 Å². The van der Waals surface area contributed by atoms with Gasteiger partial charge in [-0.2, -0.15) is 11.8 Å². The Labute approximate surface area is 110 Å². The Morgan fingerprint density at radius 1 is 1.18 bits per heavy atom. The molecule has 1 aromatic rings. The molecule has 96 valence electrons. The fraction of sp³-hybridized carbons (Fsp3) is 0.600. The molecular weight excluding hydrogens is 226 g/mol. The Balaban J connectivity index is 2.44. The first kappa shape index (κ1) is 14.6. The molecule has 0 fully saturated rings. The van der Waals surface area contributed by atoms with Gasteiger partial charge in [0.25, 0.3) is 0 Å². The number of rotatable bonds is 8. The molecule has 0 aromatic heterocycles. The molecule has 0 aliphatic rings. The summed E-state index contributed by atoms with van der Waals surface area (Å²) in [5.74, 6) is 1.28. The molecule has 0 saturated carbocycles. The maximum atomic E-state index is 3.44. The molecule has 0 amide bonds. The lowest BCUT2D eigenvalue weighted by Gasteiger charge is -2.23. The largest absolute Gasteiger partial charge is 0.312 e. The molecule has 0 heterocycles. The molecule has 1 rings (SSSR count). The van der Waals surface area contributed by atoms with Crippen LogP contribution in [0.4, 0.5) is 0 Å². The van der Waals surface area contributed by atoms with Crippen molar-refractivity contribution in [2.45, 2.75) is 44.4 Å². The zero-order chi connectivity index (χ0) is 12.5. The first-order chi connectivity index (χ1) is 8.29. The van der Waals surface area contributed by atoms with Crippen molar-refractivity contribution in [1.82, 2.24) is 5.32 Å². The molecule has 2 unspecified atom stereocenters. The van der Waals surface area contributed by atoms with Gasteiger partial charge in [-0.05, 0) is 24.8 Å². The lowest BCUT2D eigenvalue weighted by molar-refractivity contribution is 0.588.